The Labute approximate surface area is 132 Å². The number of rotatable bonds is 6. The Morgan fingerprint density at radius 2 is 1.95 bits per heavy atom. The molecule has 3 N–H and O–H groups in total. The van der Waals surface area contributed by atoms with Gasteiger partial charge in [0.25, 0.3) is 0 Å². The molecule has 0 saturated heterocycles. The summed E-state index contributed by atoms with van der Waals surface area (Å²) in [6.45, 7) is 7.82. The third-order valence-corrected chi connectivity index (χ3v) is 4.27. The summed E-state index contributed by atoms with van der Waals surface area (Å²) in [4.78, 5) is 12.4. The van der Waals surface area contributed by atoms with Gasteiger partial charge in [0.1, 0.15) is 5.82 Å². The normalized spacial score (nSPS) is 12.5. The number of nitrogens with two attached hydrogens (primary N) is 1. The minimum absolute atomic E-state index is 0. The molecule has 0 heterocycles. The van der Waals surface area contributed by atoms with Crippen LogP contribution in [0, 0.1) is 18.2 Å². The van der Waals surface area contributed by atoms with Crippen LogP contribution in [0.5, 0.6) is 0 Å². The lowest BCUT2D eigenvalue weighted by atomic mass is 9.81. The van der Waals surface area contributed by atoms with E-state index in [0.717, 1.165) is 5.56 Å². The number of carbonyl (C=O) groups excluding carboxylic acids is 1. The van der Waals surface area contributed by atoms with Crippen molar-refractivity contribution in [1.29, 1.82) is 0 Å². The predicted octanol–water partition coefficient (Wildman–Crippen LogP) is 3.50. The highest BCUT2D eigenvalue weighted by atomic mass is 35.5. The number of amides is 1. The number of halogens is 2. The smallest absolute Gasteiger partial charge is 0.227 e. The lowest BCUT2D eigenvalue weighted by Gasteiger charge is -2.30. The maximum atomic E-state index is 13.6. The summed E-state index contributed by atoms with van der Waals surface area (Å²) in [5, 5.41) is 2.95. The van der Waals surface area contributed by atoms with Crippen molar-refractivity contribution in [1.82, 2.24) is 5.32 Å². The summed E-state index contributed by atoms with van der Waals surface area (Å²) < 4.78 is 13.6. The van der Waals surface area contributed by atoms with Gasteiger partial charge >= 0.3 is 0 Å². The molecule has 0 aliphatic carbocycles. The number of carbonyl (C=O) groups is 1. The van der Waals surface area contributed by atoms with Gasteiger partial charge in [0.15, 0.2) is 0 Å². The Balaban J connectivity index is 0.00000400. The lowest BCUT2D eigenvalue weighted by Crippen LogP contribution is -2.46. The minimum Gasteiger partial charge on any atom is -0.349 e. The van der Waals surface area contributed by atoms with Crippen molar-refractivity contribution < 1.29 is 9.18 Å². The Morgan fingerprint density at radius 3 is 2.38 bits per heavy atom. The van der Waals surface area contributed by atoms with E-state index in [2.05, 4.69) is 5.32 Å². The van der Waals surface area contributed by atoms with Gasteiger partial charge in [-0.2, -0.15) is 0 Å². The SMILES string of the molecule is CCC(CC)(CN)C(=O)NC(C)c1ccc(C)c(F)c1.Cl. The maximum Gasteiger partial charge on any atom is 0.227 e. The van der Waals surface area contributed by atoms with Gasteiger partial charge in [-0.3, -0.25) is 4.79 Å². The fourth-order valence-electron chi connectivity index (χ4n) is 2.26. The zero-order valence-electron chi connectivity index (χ0n) is 13.2. The van der Waals surface area contributed by atoms with Crippen LogP contribution in [0.4, 0.5) is 4.39 Å². The number of benzene rings is 1. The average molecular weight is 317 g/mol. The van der Waals surface area contributed by atoms with Crippen molar-refractivity contribution in [3.63, 3.8) is 0 Å². The average Bonchev–Trinajstić information content (AvgIpc) is 2.44. The Hall–Kier alpha value is -1.13. The van der Waals surface area contributed by atoms with E-state index in [9.17, 15) is 9.18 Å². The quantitative estimate of drug-likeness (QED) is 0.844. The third-order valence-electron chi connectivity index (χ3n) is 4.27. The van der Waals surface area contributed by atoms with E-state index < -0.39 is 5.41 Å². The Bertz CT molecular complexity index is 467. The second kappa shape index (κ2) is 8.35. The predicted molar refractivity (Wildman–Crippen MR) is 87.0 cm³/mol. The van der Waals surface area contributed by atoms with Gasteiger partial charge in [-0.05, 0) is 43.9 Å². The molecule has 1 aromatic carbocycles. The van der Waals surface area contributed by atoms with E-state index in [-0.39, 0.29) is 30.2 Å². The molecule has 0 spiro atoms. The highest BCUT2D eigenvalue weighted by Crippen LogP contribution is 2.26. The van der Waals surface area contributed by atoms with Crippen LogP contribution in [0.3, 0.4) is 0 Å². The first-order valence-electron chi connectivity index (χ1n) is 7.17. The molecule has 0 aromatic heterocycles. The van der Waals surface area contributed by atoms with Crippen LogP contribution < -0.4 is 11.1 Å². The second-order valence-electron chi connectivity index (χ2n) is 5.40. The molecule has 5 heteroatoms. The van der Waals surface area contributed by atoms with Crippen LogP contribution in [0.2, 0.25) is 0 Å². The van der Waals surface area contributed by atoms with Gasteiger partial charge in [0.05, 0.1) is 11.5 Å². The standard InChI is InChI=1S/C16H25FN2O.ClH/c1-5-16(6-2,10-18)15(20)19-12(4)13-8-7-11(3)14(17)9-13;/h7-9,12H,5-6,10,18H2,1-4H3,(H,19,20);1H. The van der Waals surface area contributed by atoms with Crippen molar-refractivity contribution in [2.45, 2.75) is 46.6 Å². The van der Waals surface area contributed by atoms with Gasteiger partial charge in [-0.25, -0.2) is 4.39 Å². The molecule has 0 saturated carbocycles. The summed E-state index contributed by atoms with van der Waals surface area (Å²) in [6, 6.07) is 4.80. The van der Waals surface area contributed by atoms with Crippen molar-refractivity contribution in [2.75, 3.05) is 6.54 Å². The first-order chi connectivity index (χ1) is 9.40. The van der Waals surface area contributed by atoms with E-state index in [1.807, 2.05) is 26.8 Å². The Morgan fingerprint density at radius 1 is 1.38 bits per heavy atom. The first-order valence-corrected chi connectivity index (χ1v) is 7.17. The minimum atomic E-state index is -0.530. The molecule has 3 nitrogen and oxygen atoms in total. The summed E-state index contributed by atoms with van der Waals surface area (Å²) >= 11 is 0. The highest BCUT2D eigenvalue weighted by molar-refractivity contribution is 5.85. The fourth-order valence-corrected chi connectivity index (χ4v) is 2.26. The zero-order valence-corrected chi connectivity index (χ0v) is 14.0. The number of nitrogens with one attached hydrogen (secondary N) is 1. The van der Waals surface area contributed by atoms with Crippen LogP contribution in [-0.2, 0) is 4.79 Å². The molecule has 1 rings (SSSR count). The monoisotopic (exact) mass is 316 g/mol. The third kappa shape index (κ3) is 4.42. The lowest BCUT2D eigenvalue weighted by molar-refractivity contribution is -0.131. The van der Waals surface area contributed by atoms with Gasteiger partial charge in [0.2, 0.25) is 5.91 Å². The second-order valence-corrected chi connectivity index (χ2v) is 5.40. The van der Waals surface area contributed by atoms with Crippen LogP contribution >= 0.6 is 12.4 Å². The summed E-state index contributed by atoms with van der Waals surface area (Å²) in [7, 11) is 0. The van der Waals surface area contributed by atoms with Gasteiger partial charge in [0, 0.05) is 6.54 Å². The van der Waals surface area contributed by atoms with Crippen molar-refractivity contribution in [3.8, 4) is 0 Å². The van der Waals surface area contributed by atoms with Crippen molar-refractivity contribution in [3.05, 3.63) is 35.1 Å². The topological polar surface area (TPSA) is 55.1 Å². The zero-order chi connectivity index (χ0) is 15.3. The molecule has 0 aliphatic heterocycles. The van der Waals surface area contributed by atoms with Gasteiger partial charge < -0.3 is 11.1 Å². The van der Waals surface area contributed by atoms with Crippen molar-refractivity contribution in [2.24, 2.45) is 11.1 Å². The van der Waals surface area contributed by atoms with E-state index in [4.69, 9.17) is 5.73 Å². The molecule has 1 amide bonds. The number of aryl methyl sites for hydroxylation is 1. The van der Waals surface area contributed by atoms with Gasteiger partial charge in [-0.1, -0.05) is 26.0 Å². The van der Waals surface area contributed by atoms with E-state index >= 15 is 0 Å². The number of hydrogen-bond donors (Lipinski definition) is 2. The molecule has 1 atom stereocenters. The van der Waals surface area contributed by atoms with E-state index in [1.165, 1.54) is 6.07 Å². The molecule has 0 fully saturated rings. The molecular formula is C16H26ClFN2O. The van der Waals surface area contributed by atoms with Crippen molar-refractivity contribution >= 4 is 18.3 Å². The van der Waals surface area contributed by atoms with Crippen LogP contribution in [0.25, 0.3) is 0 Å². The molecule has 0 aliphatic rings. The number of hydrogen-bond acceptors (Lipinski definition) is 2. The van der Waals surface area contributed by atoms with E-state index in [0.29, 0.717) is 24.9 Å². The molecular weight excluding hydrogens is 291 g/mol. The van der Waals surface area contributed by atoms with Crippen LogP contribution in [-0.4, -0.2) is 12.5 Å². The molecule has 120 valence electrons. The first kappa shape index (κ1) is 19.9. The fraction of sp³-hybridized carbons (Fsp3) is 0.562. The summed E-state index contributed by atoms with van der Waals surface area (Å²) in [6.07, 6.45) is 1.39. The van der Waals surface area contributed by atoms with E-state index in [1.54, 1.807) is 13.0 Å². The highest BCUT2D eigenvalue weighted by Gasteiger charge is 2.34. The Kier molecular flexibility index (Phi) is 7.90. The van der Waals surface area contributed by atoms with Gasteiger partial charge in [-0.15, -0.1) is 12.4 Å². The maximum absolute atomic E-state index is 13.6. The molecule has 1 aromatic rings. The summed E-state index contributed by atoms with van der Waals surface area (Å²) in [5.74, 6) is -0.307. The molecule has 0 radical (unpaired) electrons. The largest absolute Gasteiger partial charge is 0.349 e. The van der Waals surface area contributed by atoms with Crippen LogP contribution in [0.15, 0.2) is 18.2 Å². The molecule has 0 bridgehead atoms. The molecule has 21 heavy (non-hydrogen) atoms. The summed E-state index contributed by atoms with van der Waals surface area (Å²) in [5.41, 5.74) is 6.60. The van der Waals surface area contributed by atoms with Crippen LogP contribution in [0.1, 0.15) is 50.8 Å². The molecule has 1 unspecified atom stereocenters.